The fourth-order valence-electron chi connectivity index (χ4n) is 3.56. The van der Waals surface area contributed by atoms with Gasteiger partial charge in [-0.15, -0.1) is 0 Å². The fourth-order valence-corrected chi connectivity index (χ4v) is 3.56. The van der Waals surface area contributed by atoms with Gasteiger partial charge in [0.15, 0.2) is 0 Å². The number of rotatable bonds is 5. The zero-order valence-electron chi connectivity index (χ0n) is 16.8. The summed E-state index contributed by atoms with van der Waals surface area (Å²) in [6, 6.07) is 22.0. The van der Waals surface area contributed by atoms with Crippen molar-refractivity contribution in [1.29, 1.82) is 0 Å². The molecule has 0 saturated carbocycles. The van der Waals surface area contributed by atoms with Gasteiger partial charge < -0.3 is 13.9 Å². The Morgan fingerprint density at radius 3 is 2.67 bits per heavy atom. The third-order valence-electron chi connectivity index (χ3n) is 5.00. The zero-order valence-corrected chi connectivity index (χ0v) is 16.8. The van der Waals surface area contributed by atoms with E-state index in [0.717, 1.165) is 50.2 Å². The van der Waals surface area contributed by atoms with Gasteiger partial charge in [-0.05, 0) is 48.4 Å². The van der Waals surface area contributed by atoms with Gasteiger partial charge in [0.1, 0.15) is 23.7 Å². The smallest absolute Gasteiger partial charge is 0.232 e. The van der Waals surface area contributed by atoms with E-state index in [4.69, 9.17) is 13.9 Å². The second-order valence-electron chi connectivity index (χ2n) is 7.15. The molecular weight excluding hydrogens is 376 g/mol. The van der Waals surface area contributed by atoms with Crippen LogP contribution in [0.2, 0.25) is 0 Å². The maximum absolute atomic E-state index is 6.19. The van der Waals surface area contributed by atoms with E-state index in [1.807, 2.05) is 67.6 Å². The van der Waals surface area contributed by atoms with Gasteiger partial charge in [-0.1, -0.05) is 36.4 Å². The van der Waals surface area contributed by atoms with Crippen LogP contribution < -0.4 is 9.47 Å². The summed E-state index contributed by atoms with van der Waals surface area (Å²) in [5.74, 6) is 2.00. The molecule has 0 amide bonds. The summed E-state index contributed by atoms with van der Waals surface area (Å²) in [5, 5.41) is 0.930. The number of nitrogens with zero attached hydrogens (tertiary/aromatic N) is 2. The Hall–Kier alpha value is -3.86. The highest BCUT2D eigenvalue weighted by Crippen LogP contribution is 2.36. The lowest BCUT2D eigenvalue weighted by molar-refractivity contribution is 0.310. The van der Waals surface area contributed by atoms with Crippen molar-refractivity contribution in [2.24, 2.45) is 0 Å². The summed E-state index contributed by atoms with van der Waals surface area (Å²) < 4.78 is 17.5. The van der Waals surface area contributed by atoms with Gasteiger partial charge in [0.25, 0.3) is 0 Å². The van der Waals surface area contributed by atoms with Crippen LogP contribution in [0.15, 0.2) is 77.3 Å². The number of aromatic nitrogens is 2. The molecule has 5 nitrogen and oxygen atoms in total. The number of fused-ring (bicyclic) bond motifs is 2. The molecule has 0 aliphatic heterocycles. The van der Waals surface area contributed by atoms with Crippen LogP contribution in [0.1, 0.15) is 11.1 Å². The molecule has 148 valence electrons. The molecule has 5 heteroatoms. The Morgan fingerprint density at radius 2 is 1.83 bits per heavy atom. The van der Waals surface area contributed by atoms with Crippen molar-refractivity contribution < 1.29 is 13.9 Å². The molecule has 5 rings (SSSR count). The number of methoxy groups -OCH3 is 1. The second kappa shape index (κ2) is 7.52. The number of ether oxygens (including phenoxy) is 2. The first-order valence-electron chi connectivity index (χ1n) is 9.72. The van der Waals surface area contributed by atoms with Gasteiger partial charge >= 0.3 is 0 Å². The number of furan rings is 1. The summed E-state index contributed by atoms with van der Waals surface area (Å²) in [4.78, 5) is 9.08. The van der Waals surface area contributed by atoms with Crippen LogP contribution in [-0.4, -0.2) is 17.1 Å². The van der Waals surface area contributed by atoms with E-state index >= 15 is 0 Å². The van der Waals surface area contributed by atoms with Crippen LogP contribution in [0.3, 0.4) is 0 Å². The van der Waals surface area contributed by atoms with Crippen LogP contribution in [0.25, 0.3) is 33.3 Å². The Bertz CT molecular complexity index is 1340. The van der Waals surface area contributed by atoms with Crippen LogP contribution >= 0.6 is 0 Å². The van der Waals surface area contributed by atoms with Gasteiger partial charge in [-0.2, -0.15) is 0 Å². The second-order valence-corrected chi connectivity index (χ2v) is 7.15. The van der Waals surface area contributed by atoms with E-state index in [-0.39, 0.29) is 0 Å². The Labute approximate surface area is 173 Å². The number of aryl methyl sites for hydroxylation is 1. The minimum Gasteiger partial charge on any atom is -0.488 e. The lowest BCUT2D eigenvalue weighted by Gasteiger charge is -2.06. The Balaban J connectivity index is 1.57. The molecule has 0 fully saturated rings. The van der Waals surface area contributed by atoms with E-state index < -0.39 is 0 Å². The van der Waals surface area contributed by atoms with E-state index in [2.05, 4.69) is 16.0 Å². The maximum Gasteiger partial charge on any atom is 0.232 e. The molecule has 0 unspecified atom stereocenters. The molecule has 30 heavy (non-hydrogen) atoms. The average molecular weight is 396 g/mol. The molecule has 5 aromatic rings. The lowest BCUT2D eigenvalue weighted by Crippen LogP contribution is -1.94. The van der Waals surface area contributed by atoms with E-state index in [9.17, 15) is 0 Å². The molecule has 0 aliphatic rings. The van der Waals surface area contributed by atoms with E-state index in [1.165, 1.54) is 0 Å². The highest BCUT2D eigenvalue weighted by molar-refractivity contribution is 5.95. The SMILES string of the molecule is COc1cnc2c(-c3cc4c(OCc5ccccc5)cccc4o3)cc(C)cc2n1. The molecule has 0 bridgehead atoms. The van der Waals surface area contributed by atoms with Crippen molar-refractivity contribution in [1.82, 2.24) is 9.97 Å². The normalized spacial score (nSPS) is 11.1. The van der Waals surface area contributed by atoms with Gasteiger partial charge in [-0.25, -0.2) is 9.97 Å². The van der Waals surface area contributed by atoms with Crippen LogP contribution in [-0.2, 0) is 6.61 Å². The molecule has 0 aliphatic carbocycles. The van der Waals surface area contributed by atoms with E-state index in [1.54, 1.807) is 13.3 Å². The summed E-state index contributed by atoms with van der Waals surface area (Å²) in [7, 11) is 1.59. The molecular formula is C25H20N2O3. The maximum atomic E-state index is 6.19. The fraction of sp³-hybridized carbons (Fsp3) is 0.120. The Morgan fingerprint density at radius 1 is 0.967 bits per heavy atom. The molecule has 3 aromatic carbocycles. The first-order valence-corrected chi connectivity index (χ1v) is 9.72. The summed E-state index contributed by atoms with van der Waals surface area (Å²) in [5.41, 5.74) is 5.39. The minimum absolute atomic E-state index is 0.486. The minimum atomic E-state index is 0.486. The average Bonchev–Trinajstić information content (AvgIpc) is 3.22. The quantitative estimate of drug-likeness (QED) is 0.368. The van der Waals surface area contributed by atoms with Crippen molar-refractivity contribution in [3.63, 3.8) is 0 Å². The first kappa shape index (κ1) is 18.2. The van der Waals surface area contributed by atoms with Crippen LogP contribution in [0.4, 0.5) is 0 Å². The predicted molar refractivity (Wildman–Crippen MR) is 117 cm³/mol. The third kappa shape index (κ3) is 3.35. The molecule has 2 aromatic heterocycles. The van der Waals surface area contributed by atoms with Crippen molar-refractivity contribution in [3.05, 3.63) is 84.1 Å². The monoisotopic (exact) mass is 396 g/mol. The largest absolute Gasteiger partial charge is 0.488 e. The lowest BCUT2D eigenvalue weighted by atomic mass is 10.1. The molecule has 2 heterocycles. The number of benzene rings is 3. The number of hydrogen-bond acceptors (Lipinski definition) is 5. The van der Waals surface area contributed by atoms with Crippen molar-refractivity contribution in [3.8, 4) is 23.0 Å². The number of hydrogen-bond donors (Lipinski definition) is 0. The van der Waals surface area contributed by atoms with Crippen LogP contribution in [0.5, 0.6) is 11.6 Å². The van der Waals surface area contributed by atoms with Gasteiger partial charge in [0.2, 0.25) is 5.88 Å². The van der Waals surface area contributed by atoms with Crippen molar-refractivity contribution in [2.45, 2.75) is 13.5 Å². The summed E-state index contributed by atoms with van der Waals surface area (Å²) in [6.45, 7) is 2.53. The zero-order chi connectivity index (χ0) is 20.5. The van der Waals surface area contributed by atoms with Crippen molar-refractivity contribution >= 4 is 22.0 Å². The predicted octanol–water partition coefficient (Wildman–Crippen LogP) is 5.94. The third-order valence-corrected chi connectivity index (χ3v) is 5.00. The molecule has 0 spiro atoms. The van der Waals surface area contributed by atoms with E-state index in [0.29, 0.717) is 12.5 Å². The summed E-state index contributed by atoms with van der Waals surface area (Å²) in [6.07, 6.45) is 1.62. The van der Waals surface area contributed by atoms with Gasteiger partial charge in [0, 0.05) is 5.56 Å². The standard InChI is InChI=1S/C25H20N2O3/c1-16-11-19(25-20(12-16)27-24(28-2)14-26-25)23-13-18-21(9-6-10-22(18)30-23)29-15-17-7-4-3-5-8-17/h3-14H,15H2,1-2H3. The summed E-state index contributed by atoms with van der Waals surface area (Å²) >= 11 is 0. The molecule has 0 saturated heterocycles. The highest BCUT2D eigenvalue weighted by atomic mass is 16.5. The Kier molecular flexibility index (Phi) is 4.56. The first-order chi connectivity index (χ1) is 14.7. The molecule has 0 atom stereocenters. The van der Waals surface area contributed by atoms with Crippen molar-refractivity contribution in [2.75, 3.05) is 7.11 Å². The van der Waals surface area contributed by atoms with Gasteiger partial charge in [0.05, 0.1) is 29.7 Å². The highest BCUT2D eigenvalue weighted by Gasteiger charge is 2.15. The molecule has 0 N–H and O–H groups in total. The van der Waals surface area contributed by atoms with Gasteiger partial charge in [-0.3, -0.25) is 0 Å². The molecule has 0 radical (unpaired) electrons. The van der Waals surface area contributed by atoms with Crippen LogP contribution in [0, 0.1) is 6.92 Å². The topological polar surface area (TPSA) is 57.4 Å².